The van der Waals surface area contributed by atoms with Crippen LogP contribution < -0.4 is 10.1 Å². The van der Waals surface area contributed by atoms with Gasteiger partial charge in [0, 0.05) is 6.20 Å². The smallest absolute Gasteiger partial charge is 0.387 e. The number of benzene rings is 1. The lowest BCUT2D eigenvalue weighted by Crippen LogP contribution is -2.25. The van der Waals surface area contributed by atoms with Crippen LogP contribution >= 0.6 is 27.3 Å². The molecule has 1 amide bonds. The van der Waals surface area contributed by atoms with Crippen molar-refractivity contribution < 1.29 is 18.3 Å². The number of halogens is 3. The van der Waals surface area contributed by atoms with Gasteiger partial charge in [-0.25, -0.2) is 4.98 Å². The molecule has 0 bridgehead atoms. The van der Waals surface area contributed by atoms with Gasteiger partial charge >= 0.3 is 6.61 Å². The zero-order chi connectivity index (χ0) is 18.0. The first-order valence-corrected chi connectivity index (χ1v) is 8.93. The molecule has 1 unspecified atom stereocenters. The number of amides is 1. The molecule has 10 heteroatoms. The number of nitrogens with one attached hydrogen (secondary N) is 1. The van der Waals surface area contributed by atoms with Crippen LogP contribution in [0.4, 0.5) is 13.9 Å². The lowest BCUT2D eigenvalue weighted by atomic mass is 10.2. The van der Waals surface area contributed by atoms with Gasteiger partial charge in [-0.2, -0.15) is 13.9 Å². The van der Waals surface area contributed by atoms with E-state index in [1.807, 2.05) is 6.92 Å². The maximum Gasteiger partial charge on any atom is 0.387 e. The van der Waals surface area contributed by atoms with E-state index >= 15 is 0 Å². The molecule has 0 radical (unpaired) electrons. The molecule has 2 aromatic heterocycles. The van der Waals surface area contributed by atoms with Crippen LogP contribution in [0.15, 0.2) is 35.1 Å². The zero-order valence-electron chi connectivity index (χ0n) is 12.9. The molecule has 132 valence electrons. The summed E-state index contributed by atoms with van der Waals surface area (Å²) in [7, 11) is 0. The molecule has 0 aliphatic heterocycles. The number of aromatic nitrogens is 3. The van der Waals surface area contributed by atoms with Crippen LogP contribution in [0.2, 0.25) is 0 Å². The van der Waals surface area contributed by atoms with Crippen molar-refractivity contribution in [1.82, 2.24) is 14.8 Å². The molecule has 0 saturated carbocycles. The second-order valence-electron chi connectivity index (χ2n) is 5.08. The summed E-state index contributed by atoms with van der Waals surface area (Å²) in [5, 5.41) is 7.28. The Morgan fingerprint density at radius 1 is 1.48 bits per heavy atom. The highest BCUT2D eigenvalue weighted by Gasteiger charge is 2.21. The summed E-state index contributed by atoms with van der Waals surface area (Å²) in [6.45, 7) is -1.00. The van der Waals surface area contributed by atoms with Crippen molar-refractivity contribution in [2.45, 2.75) is 26.0 Å². The number of alkyl halides is 2. The van der Waals surface area contributed by atoms with Gasteiger partial charge in [0.2, 0.25) is 0 Å². The average Bonchev–Trinajstić information content (AvgIpc) is 3.13. The van der Waals surface area contributed by atoms with Gasteiger partial charge in [-0.15, -0.1) is 0 Å². The quantitative estimate of drug-likeness (QED) is 0.627. The van der Waals surface area contributed by atoms with Crippen molar-refractivity contribution in [2.75, 3.05) is 5.32 Å². The molecule has 2 heterocycles. The molecular weight excluding hydrogens is 418 g/mol. The topological polar surface area (TPSA) is 69.0 Å². The number of fused-ring (bicyclic) bond motifs is 1. The fraction of sp³-hybridized carbons (Fsp3) is 0.267. The third-order valence-electron chi connectivity index (χ3n) is 3.39. The molecule has 1 N–H and O–H groups in total. The molecule has 0 fully saturated rings. The average molecular weight is 431 g/mol. The van der Waals surface area contributed by atoms with Gasteiger partial charge in [-0.3, -0.25) is 9.48 Å². The van der Waals surface area contributed by atoms with E-state index in [0.717, 1.165) is 4.47 Å². The number of anilines is 1. The number of ether oxygens (including phenoxy) is 1. The van der Waals surface area contributed by atoms with Gasteiger partial charge in [0.15, 0.2) is 5.13 Å². The van der Waals surface area contributed by atoms with Crippen molar-refractivity contribution in [2.24, 2.45) is 0 Å². The molecule has 0 spiro atoms. The van der Waals surface area contributed by atoms with E-state index in [0.29, 0.717) is 21.8 Å². The molecule has 0 saturated heterocycles. The van der Waals surface area contributed by atoms with E-state index in [1.165, 1.54) is 23.5 Å². The second-order valence-corrected chi connectivity index (χ2v) is 7.03. The summed E-state index contributed by atoms with van der Waals surface area (Å²) < 4.78 is 31.9. The van der Waals surface area contributed by atoms with Gasteiger partial charge < -0.3 is 10.1 Å². The standard InChI is InChI=1S/C15H13BrF2N4O2S/c1-2-11(22-7-8(16)6-19-22)13(23)21-15-20-10-4-3-9(24-14(17)18)5-12(10)25-15/h3-7,11,14H,2H2,1H3,(H,20,21,23). The van der Waals surface area contributed by atoms with Crippen LogP contribution in [-0.4, -0.2) is 27.3 Å². The number of carbonyl (C=O) groups is 1. The summed E-state index contributed by atoms with van der Waals surface area (Å²) in [6.07, 6.45) is 3.88. The van der Waals surface area contributed by atoms with Crippen LogP contribution in [0.1, 0.15) is 19.4 Å². The summed E-state index contributed by atoms with van der Waals surface area (Å²) >= 11 is 4.49. The first kappa shape index (κ1) is 17.7. The van der Waals surface area contributed by atoms with Crippen LogP contribution in [0.5, 0.6) is 5.75 Å². The van der Waals surface area contributed by atoms with Crippen molar-refractivity contribution in [3.05, 3.63) is 35.1 Å². The largest absolute Gasteiger partial charge is 0.435 e. The Balaban J connectivity index is 1.78. The Morgan fingerprint density at radius 2 is 2.28 bits per heavy atom. The SMILES string of the molecule is CCC(C(=O)Nc1nc2ccc(OC(F)F)cc2s1)n1cc(Br)cn1. The maximum atomic E-state index is 12.5. The Labute approximate surface area is 153 Å². The van der Waals surface area contributed by atoms with Crippen molar-refractivity contribution in [1.29, 1.82) is 0 Å². The molecule has 3 rings (SSSR count). The van der Waals surface area contributed by atoms with E-state index in [4.69, 9.17) is 0 Å². The minimum Gasteiger partial charge on any atom is -0.435 e. The summed E-state index contributed by atoms with van der Waals surface area (Å²) in [5.74, 6) is -0.196. The highest BCUT2D eigenvalue weighted by Crippen LogP contribution is 2.30. The van der Waals surface area contributed by atoms with Crippen molar-refractivity contribution in [3.8, 4) is 5.75 Å². The fourth-order valence-electron chi connectivity index (χ4n) is 2.30. The van der Waals surface area contributed by atoms with Gasteiger partial charge in [-0.1, -0.05) is 18.3 Å². The van der Waals surface area contributed by atoms with E-state index in [-0.39, 0.29) is 11.7 Å². The lowest BCUT2D eigenvalue weighted by molar-refractivity contribution is -0.119. The first-order valence-electron chi connectivity index (χ1n) is 7.32. The Hall–Kier alpha value is -2.07. The lowest BCUT2D eigenvalue weighted by Gasteiger charge is -2.14. The molecular formula is C15H13BrF2N4O2S. The molecule has 0 aliphatic carbocycles. The minimum atomic E-state index is -2.89. The van der Waals surface area contributed by atoms with Crippen LogP contribution in [-0.2, 0) is 4.79 Å². The highest BCUT2D eigenvalue weighted by molar-refractivity contribution is 9.10. The fourth-order valence-corrected chi connectivity index (χ4v) is 3.50. The van der Waals surface area contributed by atoms with E-state index in [1.54, 1.807) is 23.1 Å². The number of nitrogens with zero attached hydrogens (tertiary/aromatic N) is 3. The summed E-state index contributed by atoms with van der Waals surface area (Å²) in [6, 6.07) is 3.98. The summed E-state index contributed by atoms with van der Waals surface area (Å²) in [5.41, 5.74) is 0.594. The third-order valence-corrected chi connectivity index (χ3v) is 4.74. The van der Waals surface area contributed by atoms with E-state index in [9.17, 15) is 13.6 Å². The number of hydrogen-bond acceptors (Lipinski definition) is 5. The Bertz CT molecular complexity index is 899. The van der Waals surface area contributed by atoms with Gasteiger partial charge in [0.1, 0.15) is 11.8 Å². The third kappa shape index (κ3) is 4.13. The summed E-state index contributed by atoms with van der Waals surface area (Å²) in [4.78, 5) is 16.8. The van der Waals surface area contributed by atoms with Crippen LogP contribution in [0.3, 0.4) is 0 Å². The van der Waals surface area contributed by atoms with E-state index in [2.05, 4.69) is 36.1 Å². The highest BCUT2D eigenvalue weighted by atomic mass is 79.9. The predicted molar refractivity (Wildman–Crippen MR) is 94.1 cm³/mol. The number of hydrogen-bond donors (Lipinski definition) is 1. The van der Waals surface area contributed by atoms with Crippen LogP contribution in [0, 0.1) is 0 Å². The normalized spacial score (nSPS) is 12.5. The number of carbonyl (C=O) groups excluding carboxylic acids is 1. The Morgan fingerprint density at radius 3 is 2.92 bits per heavy atom. The Kier molecular flexibility index (Phi) is 5.28. The molecule has 6 nitrogen and oxygen atoms in total. The number of thiazole rings is 1. The van der Waals surface area contributed by atoms with Crippen molar-refractivity contribution in [3.63, 3.8) is 0 Å². The molecule has 3 aromatic rings. The van der Waals surface area contributed by atoms with Gasteiger partial charge in [0.05, 0.1) is 20.9 Å². The van der Waals surface area contributed by atoms with E-state index < -0.39 is 12.7 Å². The van der Waals surface area contributed by atoms with Gasteiger partial charge in [-0.05, 0) is 40.5 Å². The molecule has 1 atom stereocenters. The van der Waals surface area contributed by atoms with Gasteiger partial charge in [0.25, 0.3) is 5.91 Å². The second kappa shape index (κ2) is 7.44. The van der Waals surface area contributed by atoms with Crippen LogP contribution in [0.25, 0.3) is 10.2 Å². The maximum absolute atomic E-state index is 12.5. The molecule has 1 aromatic carbocycles. The minimum absolute atomic E-state index is 0.0526. The monoisotopic (exact) mass is 430 g/mol. The first-order chi connectivity index (χ1) is 12.0. The molecule has 25 heavy (non-hydrogen) atoms. The number of rotatable bonds is 6. The predicted octanol–water partition coefficient (Wildman–Crippen LogP) is 4.45. The van der Waals surface area contributed by atoms with Crippen molar-refractivity contribution >= 4 is 48.5 Å². The zero-order valence-corrected chi connectivity index (χ0v) is 15.4. The molecule has 0 aliphatic rings.